The van der Waals surface area contributed by atoms with Crippen LogP contribution in [0.15, 0.2) is 94.5 Å². The zero-order chi connectivity index (χ0) is 20.1. The van der Waals surface area contributed by atoms with E-state index >= 15 is 0 Å². The molecule has 0 saturated heterocycles. The monoisotopic (exact) mass is 444 g/mol. The minimum absolute atomic E-state index is 0.220. The van der Waals surface area contributed by atoms with Crippen molar-refractivity contribution in [1.29, 1.82) is 0 Å². The second-order valence-corrected chi connectivity index (χ2v) is 7.21. The summed E-state index contributed by atoms with van der Waals surface area (Å²) in [4.78, 5) is 9.35. The zero-order valence-electron chi connectivity index (χ0n) is 15.3. The van der Waals surface area contributed by atoms with Gasteiger partial charge in [0.1, 0.15) is 5.75 Å². The Morgan fingerprint density at radius 2 is 1.55 bits per heavy atom. The Hall–Kier alpha value is -3.51. The van der Waals surface area contributed by atoms with E-state index in [1.165, 1.54) is 0 Å². The van der Waals surface area contributed by atoms with Crippen LogP contribution in [0.25, 0.3) is 22.6 Å². The molecule has 0 saturated carbocycles. The summed E-state index contributed by atoms with van der Waals surface area (Å²) in [6.45, 7) is 0. The summed E-state index contributed by atoms with van der Waals surface area (Å²) in [5.74, 6) is 1.42. The summed E-state index contributed by atoms with van der Waals surface area (Å²) in [5.41, 5.74) is 6.57. The smallest absolute Gasteiger partial charge is 0.162 e. The molecule has 0 amide bonds. The molecule has 3 aromatic carbocycles. The first-order valence-electron chi connectivity index (χ1n) is 8.96. The molecule has 1 heterocycles. The number of hydrogen-bond donors (Lipinski definition) is 2. The third-order valence-corrected chi connectivity index (χ3v) is 4.71. The third-order valence-electron chi connectivity index (χ3n) is 4.18. The Balaban J connectivity index is 1.67. The molecule has 1 aromatic heterocycles. The zero-order valence-corrected chi connectivity index (χ0v) is 16.9. The Labute approximate surface area is 176 Å². The van der Waals surface area contributed by atoms with Crippen LogP contribution in [0, 0.1) is 0 Å². The number of halogens is 1. The first-order valence-corrected chi connectivity index (χ1v) is 9.75. The fourth-order valence-electron chi connectivity index (χ4n) is 2.72. The number of nitrogens with one attached hydrogen (secondary N) is 1. The molecular weight excluding hydrogens is 428 g/mol. The first kappa shape index (κ1) is 18.8. The minimum Gasteiger partial charge on any atom is -0.508 e. The van der Waals surface area contributed by atoms with Crippen LogP contribution in [0.4, 0.5) is 5.82 Å². The highest BCUT2D eigenvalue weighted by molar-refractivity contribution is 9.10. The van der Waals surface area contributed by atoms with Crippen molar-refractivity contribution >= 4 is 28.0 Å². The minimum atomic E-state index is 0.220. The van der Waals surface area contributed by atoms with Crippen LogP contribution in [-0.4, -0.2) is 21.3 Å². The molecule has 0 aliphatic heterocycles. The van der Waals surface area contributed by atoms with E-state index in [-0.39, 0.29) is 5.75 Å². The molecule has 0 bridgehead atoms. The summed E-state index contributed by atoms with van der Waals surface area (Å²) in [7, 11) is 0. The number of phenols is 1. The van der Waals surface area contributed by atoms with E-state index in [9.17, 15) is 5.11 Å². The molecule has 29 heavy (non-hydrogen) atoms. The highest BCUT2D eigenvalue weighted by atomic mass is 79.9. The van der Waals surface area contributed by atoms with E-state index < -0.39 is 0 Å². The van der Waals surface area contributed by atoms with E-state index in [1.54, 1.807) is 30.5 Å². The Morgan fingerprint density at radius 3 is 2.28 bits per heavy atom. The molecule has 6 heteroatoms. The molecule has 5 nitrogen and oxygen atoms in total. The van der Waals surface area contributed by atoms with Gasteiger partial charge in [-0.3, -0.25) is 5.43 Å². The van der Waals surface area contributed by atoms with Crippen molar-refractivity contribution < 1.29 is 5.11 Å². The summed E-state index contributed by atoms with van der Waals surface area (Å²) in [6, 6.07) is 26.5. The molecule has 0 unspecified atom stereocenters. The number of phenolic OH excluding ortho intramolecular Hbond substituents is 1. The quantitative estimate of drug-likeness (QED) is 0.304. The molecule has 4 rings (SSSR count). The number of anilines is 1. The van der Waals surface area contributed by atoms with Gasteiger partial charge in [-0.2, -0.15) is 5.10 Å². The second-order valence-electron chi connectivity index (χ2n) is 6.30. The molecule has 0 atom stereocenters. The van der Waals surface area contributed by atoms with Crippen LogP contribution in [-0.2, 0) is 0 Å². The molecule has 0 aliphatic rings. The molecule has 0 radical (unpaired) electrons. The van der Waals surface area contributed by atoms with Gasteiger partial charge in [-0.1, -0.05) is 58.4 Å². The Kier molecular flexibility index (Phi) is 5.63. The van der Waals surface area contributed by atoms with Crippen molar-refractivity contribution in [2.45, 2.75) is 0 Å². The maximum atomic E-state index is 9.37. The van der Waals surface area contributed by atoms with Gasteiger partial charge in [0, 0.05) is 21.7 Å². The van der Waals surface area contributed by atoms with Gasteiger partial charge in [0.2, 0.25) is 0 Å². The fraction of sp³-hybridized carbons (Fsp3) is 0. The predicted octanol–water partition coefficient (Wildman–Crippen LogP) is 5.72. The number of hydrogen-bond acceptors (Lipinski definition) is 5. The van der Waals surface area contributed by atoms with E-state index in [4.69, 9.17) is 4.98 Å². The van der Waals surface area contributed by atoms with Gasteiger partial charge >= 0.3 is 0 Å². The lowest BCUT2D eigenvalue weighted by Crippen LogP contribution is -1.99. The SMILES string of the molecule is Oc1ccc(/C=N/Nc2cc(-c3ccccc3)nc(-c3ccc(Br)cc3)n2)cc1. The van der Waals surface area contributed by atoms with Gasteiger partial charge in [-0.25, -0.2) is 9.97 Å². The second kappa shape index (κ2) is 8.67. The fourth-order valence-corrected chi connectivity index (χ4v) is 2.99. The van der Waals surface area contributed by atoms with Gasteiger partial charge in [-0.05, 0) is 42.0 Å². The van der Waals surface area contributed by atoms with E-state index in [2.05, 4.69) is 31.4 Å². The molecule has 0 fully saturated rings. The Bertz CT molecular complexity index is 1130. The lowest BCUT2D eigenvalue weighted by Gasteiger charge is -2.08. The largest absolute Gasteiger partial charge is 0.508 e. The van der Waals surface area contributed by atoms with E-state index in [0.29, 0.717) is 11.6 Å². The molecular formula is C23H17BrN4O. The summed E-state index contributed by atoms with van der Waals surface area (Å²) in [5, 5.41) is 13.6. The predicted molar refractivity (Wildman–Crippen MR) is 120 cm³/mol. The first-order chi connectivity index (χ1) is 14.2. The van der Waals surface area contributed by atoms with Crippen molar-refractivity contribution in [3.05, 3.63) is 95.0 Å². The molecule has 0 spiro atoms. The normalized spacial score (nSPS) is 10.9. The van der Waals surface area contributed by atoms with Crippen LogP contribution >= 0.6 is 15.9 Å². The Morgan fingerprint density at radius 1 is 0.828 bits per heavy atom. The van der Waals surface area contributed by atoms with Crippen molar-refractivity contribution in [1.82, 2.24) is 9.97 Å². The van der Waals surface area contributed by atoms with Crippen LogP contribution < -0.4 is 5.43 Å². The van der Waals surface area contributed by atoms with Crippen molar-refractivity contribution in [2.75, 3.05) is 5.43 Å². The maximum absolute atomic E-state index is 9.37. The summed E-state index contributed by atoms with van der Waals surface area (Å²) >= 11 is 3.46. The van der Waals surface area contributed by atoms with E-state index in [1.807, 2.05) is 60.7 Å². The van der Waals surface area contributed by atoms with Crippen LogP contribution in [0.1, 0.15) is 5.56 Å². The summed E-state index contributed by atoms with van der Waals surface area (Å²) < 4.78 is 0.998. The lowest BCUT2D eigenvalue weighted by molar-refractivity contribution is 0.475. The average Bonchev–Trinajstić information content (AvgIpc) is 2.76. The van der Waals surface area contributed by atoms with Gasteiger partial charge in [-0.15, -0.1) is 0 Å². The number of aromatic nitrogens is 2. The summed E-state index contributed by atoms with van der Waals surface area (Å²) in [6.07, 6.45) is 1.67. The number of hydrazone groups is 1. The number of benzene rings is 3. The van der Waals surface area contributed by atoms with Crippen molar-refractivity contribution in [3.63, 3.8) is 0 Å². The average molecular weight is 445 g/mol. The van der Waals surface area contributed by atoms with Crippen molar-refractivity contribution in [3.8, 4) is 28.4 Å². The third kappa shape index (κ3) is 4.86. The number of nitrogens with zero attached hydrogens (tertiary/aromatic N) is 3. The van der Waals surface area contributed by atoms with E-state index in [0.717, 1.165) is 26.9 Å². The van der Waals surface area contributed by atoms with Crippen LogP contribution in [0.2, 0.25) is 0 Å². The van der Waals surface area contributed by atoms with Gasteiger partial charge in [0.25, 0.3) is 0 Å². The number of rotatable bonds is 5. The lowest BCUT2D eigenvalue weighted by atomic mass is 10.1. The van der Waals surface area contributed by atoms with Crippen LogP contribution in [0.5, 0.6) is 5.75 Å². The standard InChI is InChI=1S/C23H17BrN4O/c24-19-10-8-18(9-11-19)23-26-21(17-4-2-1-3-5-17)14-22(27-23)28-25-15-16-6-12-20(29)13-7-16/h1-15,29H,(H,26,27,28)/b25-15+. The topological polar surface area (TPSA) is 70.4 Å². The van der Waals surface area contributed by atoms with Gasteiger partial charge in [0.05, 0.1) is 11.9 Å². The molecule has 142 valence electrons. The molecule has 0 aliphatic carbocycles. The van der Waals surface area contributed by atoms with Crippen molar-refractivity contribution in [2.24, 2.45) is 5.10 Å². The highest BCUT2D eigenvalue weighted by Gasteiger charge is 2.08. The van der Waals surface area contributed by atoms with Crippen LogP contribution in [0.3, 0.4) is 0 Å². The number of aromatic hydroxyl groups is 1. The highest BCUT2D eigenvalue weighted by Crippen LogP contribution is 2.25. The van der Waals surface area contributed by atoms with Gasteiger partial charge in [0.15, 0.2) is 11.6 Å². The maximum Gasteiger partial charge on any atom is 0.162 e. The van der Waals surface area contributed by atoms with Gasteiger partial charge < -0.3 is 5.11 Å². The molecule has 4 aromatic rings. The molecule has 2 N–H and O–H groups in total.